The minimum Gasteiger partial charge on any atom is -0.497 e. The summed E-state index contributed by atoms with van der Waals surface area (Å²) < 4.78 is 17.1. The first-order valence-electron chi connectivity index (χ1n) is 10.5. The van der Waals surface area contributed by atoms with Crippen molar-refractivity contribution in [2.75, 3.05) is 64.9 Å². The van der Waals surface area contributed by atoms with Crippen LogP contribution in [0.1, 0.15) is 0 Å². The van der Waals surface area contributed by atoms with Crippen LogP contribution < -0.4 is 24.0 Å². The number of piperazine rings is 1. The average Bonchev–Trinajstić information content (AvgIpc) is 2.79. The van der Waals surface area contributed by atoms with Gasteiger partial charge in [-0.25, -0.2) is 0 Å². The van der Waals surface area contributed by atoms with Crippen molar-refractivity contribution in [3.8, 4) is 17.2 Å². The van der Waals surface area contributed by atoms with Gasteiger partial charge in [-0.05, 0) is 24.3 Å². The van der Waals surface area contributed by atoms with Crippen LogP contribution in [0.5, 0.6) is 17.2 Å². The SMILES string of the molecule is COc1cccc(N2CC[NH+](CC(=O)N(C)C[C@@H]3COc4ccccc4O3)CC2)c1. The zero-order valence-electron chi connectivity index (χ0n) is 17.7. The number of fused-ring (bicyclic) bond motifs is 1. The Hall–Kier alpha value is -2.93. The van der Waals surface area contributed by atoms with Gasteiger partial charge in [-0.1, -0.05) is 18.2 Å². The van der Waals surface area contributed by atoms with Gasteiger partial charge in [0.15, 0.2) is 24.1 Å². The van der Waals surface area contributed by atoms with E-state index in [0.29, 0.717) is 19.7 Å². The van der Waals surface area contributed by atoms with Crippen molar-refractivity contribution < 1.29 is 23.9 Å². The Morgan fingerprint density at radius 1 is 1.17 bits per heavy atom. The molecule has 2 aliphatic heterocycles. The lowest BCUT2D eigenvalue weighted by Gasteiger charge is -2.34. The van der Waals surface area contributed by atoms with E-state index in [4.69, 9.17) is 14.2 Å². The number of hydrogen-bond acceptors (Lipinski definition) is 5. The minimum atomic E-state index is -0.145. The van der Waals surface area contributed by atoms with Crippen molar-refractivity contribution in [3.63, 3.8) is 0 Å². The minimum absolute atomic E-state index is 0.141. The highest BCUT2D eigenvalue weighted by Crippen LogP contribution is 2.30. The lowest BCUT2D eigenvalue weighted by atomic mass is 10.2. The summed E-state index contributed by atoms with van der Waals surface area (Å²) in [6.45, 7) is 5.22. The number of quaternary nitrogens is 1. The van der Waals surface area contributed by atoms with Gasteiger partial charge >= 0.3 is 0 Å². The van der Waals surface area contributed by atoms with Gasteiger partial charge < -0.3 is 28.9 Å². The Bertz CT molecular complexity index is 867. The van der Waals surface area contributed by atoms with Crippen molar-refractivity contribution in [1.82, 2.24) is 4.90 Å². The molecule has 0 saturated carbocycles. The number of amides is 1. The van der Waals surface area contributed by atoms with Crippen LogP contribution >= 0.6 is 0 Å². The second-order valence-corrected chi connectivity index (χ2v) is 7.89. The molecule has 1 atom stereocenters. The Balaban J connectivity index is 1.23. The number of likely N-dealkylation sites (N-methyl/N-ethyl adjacent to an activating group) is 1. The van der Waals surface area contributed by atoms with E-state index in [2.05, 4.69) is 17.0 Å². The van der Waals surface area contributed by atoms with Crippen LogP contribution in [0, 0.1) is 0 Å². The maximum Gasteiger partial charge on any atom is 0.277 e. The van der Waals surface area contributed by atoms with E-state index >= 15 is 0 Å². The largest absolute Gasteiger partial charge is 0.497 e. The fourth-order valence-corrected chi connectivity index (χ4v) is 3.97. The third kappa shape index (κ3) is 4.79. The molecule has 4 rings (SSSR count). The first-order chi connectivity index (χ1) is 14.6. The molecule has 2 aromatic rings. The third-order valence-electron chi connectivity index (χ3n) is 5.76. The smallest absolute Gasteiger partial charge is 0.277 e. The summed E-state index contributed by atoms with van der Waals surface area (Å²) in [5, 5.41) is 0. The summed E-state index contributed by atoms with van der Waals surface area (Å²) in [6.07, 6.45) is -0.145. The van der Waals surface area contributed by atoms with Crippen LogP contribution in [0.2, 0.25) is 0 Å². The number of para-hydroxylation sites is 2. The Morgan fingerprint density at radius 3 is 2.70 bits per heavy atom. The van der Waals surface area contributed by atoms with E-state index in [-0.39, 0.29) is 12.0 Å². The van der Waals surface area contributed by atoms with Crippen LogP contribution in [0.15, 0.2) is 48.5 Å². The van der Waals surface area contributed by atoms with E-state index < -0.39 is 0 Å². The second kappa shape index (κ2) is 9.26. The molecule has 0 unspecified atom stereocenters. The summed E-state index contributed by atoms with van der Waals surface area (Å²) in [5.41, 5.74) is 1.17. The van der Waals surface area contributed by atoms with Crippen LogP contribution in [-0.2, 0) is 4.79 Å². The number of anilines is 1. The molecule has 0 radical (unpaired) electrons. The molecule has 0 bridgehead atoms. The zero-order chi connectivity index (χ0) is 20.9. The van der Waals surface area contributed by atoms with E-state index in [0.717, 1.165) is 43.4 Å². The molecular formula is C23H30N3O4+. The molecule has 1 fully saturated rings. The molecule has 0 aromatic heterocycles. The van der Waals surface area contributed by atoms with Gasteiger partial charge in [0.25, 0.3) is 5.91 Å². The molecule has 2 heterocycles. The Kier molecular flexibility index (Phi) is 6.28. The molecule has 0 aliphatic carbocycles. The van der Waals surface area contributed by atoms with E-state index in [1.54, 1.807) is 12.0 Å². The number of benzene rings is 2. The molecule has 30 heavy (non-hydrogen) atoms. The van der Waals surface area contributed by atoms with Gasteiger partial charge in [-0.15, -0.1) is 0 Å². The third-order valence-corrected chi connectivity index (χ3v) is 5.76. The molecule has 2 aromatic carbocycles. The van der Waals surface area contributed by atoms with Crippen molar-refractivity contribution >= 4 is 11.6 Å². The number of rotatable bonds is 6. The fourth-order valence-electron chi connectivity index (χ4n) is 3.97. The number of carbonyl (C=O) groups excluding carboxylic acids is 1. The molecular weight excluding hydrogens is 382 g/mol. The van der Waals surface area contributed by atoms with Crippen LogP contribution in [-0.4, -0.2) is 76.9 Å². The van der Waals surface area contributed by atoms with Crippen molar-refractivity contribution in [3.05, 3.63) is 48.5 Å². The van der Waals surface area contributed by atoms with E-state index in [1.807, 2.05) is 43.4 Å². The maximum atomic E-state index is 12.7. The number of ether oxygens (including phenoxy) is 3. The van der Waals surface area contributed by atoms with Gasteiger partial charge in [0, 0.05) is 18.8 Å². The second-order valence-electron chi connectivity index (χ2n) is 7.89. The number of carbonyl (C=O) groups is 1. The molecule has 1 N–H and O–H groups in total. The number of nitrogens with zero attached hydrogens (tertiary/aromatic N) is 2. The number of hydrogen-bond donors (Lipinski definition) is 1. The Morgan fingerprint density at radius 2 is 1.93 bits per heavy atom. The topological polar surface area (TPSA) is 55.7 Å². The quantitative estimate of drug-likeness (QED) is 0.757. The van der Waals surface area contributed by atoms with E-state index in [9.17, 15) is 4.79 Å². The predicted octanol–water partition coefficient (Wildman–Crippen LogP) is 0.699. The first kappa shape index (κ1) is 20.3. The van der Waals surface area contributed by atoms with Crippen LogP contribution in [0.25, 0.3) is 0 Å². The normalized spacial score (nSPS) is 18.7. The summed E-state index contributed by atoms with van der Waals surface area (Å²) in [7, 11) is 3.53. The van der Waals surface area contributed by atoms with Gasteiger partial charge in [-0.3, -0.25) is 4.79 Å². The van der Waals surface area contributed by atoms with Crippen LogP contribution in [0.4, 0.5) is 5.69 Å². The lowest BCUT2D eigenvalue weighted by molar-refractivity contribution is -0.892. The predicted molar refractivity (Wildman–Crippen MR) is 115 cm³/mol. The Labute approximate surface area is 177 Å². The highest BCUT2D eigenvalue weighted by atomic mass is 16.6. The van der Waals surface area contributed by atoms with Crippen molar-refractivity contribution in [2.45, 2.75) is 6.10 Å². The van der Waals surface area contributed by atoms with Crippen molar-refractivity contribution in [1.29, 1.82) is 0 Å². The van der Waals surface area contributed by atoms with Gasteiger partial charge in [0.2, 0.25) is 0 Å². The molecule has 0 spiro atoms. The molecule has 1 saturated heterocycles. The standard InChI is InChI=1S/C23H29N3O4/c1-24(15-20-17-29-21-8-3-4-9-22(21)30-20)23(27)16-25-10-12-26(13-11-25)18-6-5-7-19(14-18)28-2/h3-9,14,20H,10-13,15-17H2,1-2H3/p+1/t20-/m1/s1. The molecule has 1 amide bonds. The summed E-state index contributed by atoms with van der Waals surface area (Å²) >= 11 is 0. The summed E-state index contributed by atoms with van der Waals surface area (Å²) in [6, 6.07) is 15.8. The monoisotopic (exact) mass is 412 g/mol. The highest BCUT2D eigenvalue weighted by Gasteiger charge is 2.27. The maximum absolute atomic E-state index is 12.7. The fraction of sp³-hybridized carbons (Fsp3) is 0.435. The highest BCUT2D eigenvalue weighted by molar-refractivity contribution is 5.76. The summed E-state index contributed by atoms with van der Waals surface area (Å²) in [5.74, 6) is 2.52. The number of nitrogens with one attached hydrogen (secondary N) is 1. The van der Waals surface area contributed by atoms with Crippen molar-refractivity contribution in [2.24, 2.45) is 0 Å². The number of methoxy groups -OCH3 is 1. The molecule has 2 aliphatic rings. The molecule has 7 nitrogen and oxygen atoms in total. The van der Waals surface area contributed by atoms with Gasteiger partial charge in [0.05, 0.1) is 39.8 Å². The zero-order valence-corrected chi connectivity index (χ0v) is 17.7. The lowest BCUT2D eigenvalue weighted by Crippen LogP contribution is -3.15. The molecule has 160 valence electrons. The van der Waals surface area contributed by atoms with Gasteiger partial charge in [0.1, 0.15) is 12.4 Å². The van der Waals surface area contributed by atoms with E-state index in [1.165, 1.54) is 10.6 Å². The van der Waals surface area contributed by atoms with Gasteiger partial charge in [-0.2, -0.15) is 0 Å². The first-order valence-corrected chi connectivity index (χ1v) is 10.5. The van der Waals surface area contributed by atoms with Crippen LogP contribution in [0.3, 0.4) is 0 Å². The summed E-state index contributed by atoms with van der Waals surface area (Å²) in [4.78, 5) is 18.2. The molecule has 7 heteroatoms. The average molecular weight is 413 g/mol.